The second-order valence-electron chi connectivity index (χ2n) is 6.02. The van der Waals surface area contributed by atoms with Gasteiger partial charge in [-0.25, -0.2) is 4.39 Å². The van der Waals surface area contributed by atoms with E-state index in [1.165, 1.54) is 18.2 Å². The number of methoxy groups -OCH3 is 1. The van der Waals surface area contributed by atoms with Crippen molar-refractivity contribution in [3.05, 3.63) is 78.1 Å². The zero-order valence-electron chi connectivity index (χ0n) is 14.5. The fourth-order valence-corrected chi connectivity index (χ4v) is 2.94. The fourth-order valence-electron chi connectivity index (χ4n) is 2.94. The van der Waals surface area contributed by atoms with Crippen LogP contribution >= 0.6 is 0 Å². The average molecular weight is 361 g/mol. The third-order valence-corrected chi connectivity index (χ3v) is 4.25. The van der Waals surface area contributed by atoms with Crippen molar-refractivity contribution in [1.82, 2.24) is 0 Å². The summed E-state index contributed by atoms with van der Waals surface area (Å²) in [6, 6.07) is 17.2. The van der Waals surface area contributed by atoms with Crippen molar-refractivity contribution in [3.8, 4) is 5.75 Å². The number of carbonyl (C=O) groups is 1. The molecule has 0 aliphatic carbocycles. The molecule has 0 bridgehead atoms. The van der Waals surface area contributed by atoms with E-state index in [0.29, 0.717) is 17.0 Å². The Morgan fingerprint density at radius 1 is 1.04 bits per heavy atom. The predicted molar refractivity (Wildman–Crippen MR) is 104 cm³/mol. The molecule has 134 valence electrons. The monoisotopic (exact) mass is 361 g/mol. The Hall–Kier alpha value is -3.60. The lowest BCUT2D eigenvalue weighted by Gasteiger charge is -2.09. The van der Waals surface area contributed by atoms with Crippen molar-refractivity contribution in [3.63, 3.8) is 0 Å². The summed E-state index contributed by atoms with van der Waals surface area (Å²) < 4.78 is 24.2. The summed E-state index contributed by atoms with van der Waals surface area (Å²) in [6.45, 7) is 0. The molecular formula is C22H16FNO3. The minimum absolute atomic E-state index is 0.319. The van der Waals surface area contributed by atoms with Crippen molar-refractivity contribution < 1.29 is 18.3 Å². The molecule has 4 rings (SSSR count). The van der Waals surface area contributed by atoms with E-state index < -0.39 is 0 Å². The molecule has 27 heavy (non-hydrogen) atoms. The van der Waals surface area contributed by atoms with Crippen molar-refractivity contribution in [2.24, 2.45) is 0 Å². The highest BCUT2D eigenvalue weighted by Gasteiger charge is 2.13. The number of ether oxygens (including phenoxy) is 1. The lowest BCUT2D eigenvalue weighted by molar-refractivity contribution is -0.111. The average Bonchev–Trinajstić information content (AvgIpc) is 3.04. The molecule has 1 heterocycles. The quantitative estimate of drug-likeness (QED) is 0.496. The van der Waals surface area contributed by atoms with Crippen LogP contribution in [0.15, 0.2) is 71.2 Å². The maximum absolute atomic E-state index is 12.9. The van der Waals surface area contributed by atoms with Crippen molar-refractivity contribution in [2.45, 2.75) is 0 Å². The van der Waals surface area contributed by atoms with Crippen LogP contribution in [-0.4, -0.2) is 13.0 Å². The Morgan fingerprint density at radius 2 is 1.81 bits per heavy atom. The number of para-hydroxylation sites is 1. The van der Waals surface area contributed by atoms with Crippen LogP contribution in [0.4, 0.5) is 10.1 Å². The minimum Gasteiger partial charge on any atom is -0.495 e. The summed E-state index contributed by atoms with van der Waals surface area (Å²) in [6.07, 6.45) is 3.00. The van der Waals surface area contributed by atoms with Gasteiger partial charge in [0.1, 0.15) is 22.7 Å². The van der Waals surface area contributed by atoms with Gasteiger partial charge in [0.2, 0.25) is 5.91 Å². The van der Waals surface area contributed by atoms with Crippen LogP contribution in [-0.2, 0) is 4.79 Å². The van der Waals surface area contributed by atoms with Gasteiger partial charge in [-0.15, -0.1) is 0 Å². The molecular weight excluding hydrogens is 345 g/mol. The molecule has 0 spiro atoms. The number of rotatable bonds is 4. The fraction of sp³-hybridized carbons (Fsp3) is 0.0455. The van der Waals surface area contributed by atoms with Crippen LogP contribution in [0.5, 0.6) is 5.75 Å². The first-order chi connectivity index (χ1) is 13.1. The van der Waals surface area contributed by atoms with E-state index in [1.807, 2.05) is 30.3 Å². The highest BCUT2D eigenvalue weighted by molar-refractivity contribution is 6.09. The van der Waals surface area contributed by atoms with Crippen molar-refractivity contribution >= 4 is 39.6 Å². The number of nitrogens with one attached hydrogen (secondary N) is 1. The summed E-state index contributed by atoms with van der Waals surface area (Å²) in [5.74, 6) is -0.105. The van der Waals surface area contributed by atoms with Gasteiger partial charge in [0.15, 0.2) is 0 Å². The Balaban J connectivity index is 1.63. The van der Waals surface area contributed by atoms with E-state index in [2.05, 4.69) is 5.32 Å². The number of halogens is 1. The van der Waals surface area contributed by atoms with Crippen LogP contribution in [0.1, 0.15) is 5.56 Å². The summed E-state index contributed by atoms with van der Waals surface area (Å²) in [5.41, 5.74) is 2.67. The third kappa shape index (κ3) is 3.40. The van der Waals surface area contributed by atoms with Gasteiger partial charge in [0, 0.05) is 22.9 Å². The first-order valence-electron chi connectivity index (χ1n) is 8.38. The molecule has 0 aliphatic rings. The highest BCUT2D eigenvalue weighted by atomic mass is 19.1. The number of anilines is 1. The van der Waals surface area contributed by atoms with Gasteiger partial charge in [-0.2, -0.15) is 0 Å². The Morgan fingerprint density at radius 3 is 2.59 bits per heavy atom. The van der Waals surface area contributed by atoms with E-state index in [1.54, 1.807) is 31.4 Å². The van der Waals surface area contributed by atoms with Gasteiger partial charge in [0.25, 0.3) is 0 Å². The predicted octanol–water partition coefficient (Wildman–Crippen LogP) is 5.39. The minimum atomic E-state index is -0.326. The summed E-state index contributed by atoms with van der Waals surface area (Å²) in [4.78, 5) is 12.3. The first-order valence-corrected chi connectivity index (χ1v) is 8.38. The normalized spacial score (nSPS) is 11.3. The van der Waals surface area contributed by atoms with Gasteiger partial charge < -0.3 is 14.5 Å². The maximum Gasteiger partial charge on any atom is 0.248 e. The number of hydrogen-bond acceptors (Lipinski definition) is 3. The highest BCUT2D eigenvalue weighted by Crippen LogP contribution is 2.36. The first kappa shape index (κ1) is 16.8. The largest absolute Gasteiger partial charge is 0.495 e. The standard InChI is InChI=1S/C22H16FNO3/c1-26-21-12-17-16-4-2-3-5-19(16)27-20(17)13-18(21)24-22(25)11-8-14-6-9-15(23)10-7-14/h2-13H,1H3,(H,24,25)/b11-8+. The van der Waals surface area contributed by atoms with Gasteiger partial charge in [0.05, 0.1) is 12.8 Å². The maximum atomic E-state index is 12.9. The smallest absolute Gasteiger partial charge is 0.248 e. The van der Waals surface area contributed by atoms with E-state index in [-0.39, 0.29) is 11.7 Å². The number of amides is 1. The number of hydrogen-bond donors (Lipinski definition) is 1. The van der Waals surface area contributed by atoms with Gasteiger partial charge >= 0.3 is 0 Å². The number of benzene rings is 3. The van der Waals surface area contributed by atoms with Gasteiger partial charge in [-0.1, -0.05) is 30.3 Å². The molecule has 0 unspecified atom stereocenters. The molecule has 1 amide bonds. The van der Waals surface area contributed by atoms with Crippen LogP contribution in [0, 0.1) is 5.82 Å². The second-order valence-corrected chi connectivity index (χ2v) is 6.02. The second kappa shape index (κ2) is 6.96. The Bertz CT molecular complexity index is 1160. The van der Waals surface area contributed by atoms with Crippen LogP contribution < -0.4 is 10.1 Å². The molecule has 1 N–H and O–H groups in total. The molecule has 4 aromatic rings. The summed E-state index contributed by atoms with van der Waals surface area (Å²) in [7, 11) is 1.55. The number of fused-ring (bicyclic) bond motifs is 3. The molecule has 0 fully saturated rings. The van der Waals surface area contributed by atoms with E-state index in [4.69, 9.17) is 9.15 Å². The Kier molecular flexibility index (Phi) is 4.34. The van der Waals surface area contributed by atoms with Crippen LogP contribution in [0.25, 0.3) is 28.0 Å². The van der Waals surface area contributed by atoms with Gasteiger partial charge in [-0.3, -0.25) is 4.79 Å². The molecule has 4 nitrogen and oxygen atoms in total. The van der Waals surface area contributed by atoms with Crippen molar-refractivity contribution in [2.75, 3.05) is 12.4 Å². The zero-order chi connectivity index (χ0) is 18.8. The molecule has 0 atom stereocenters. The van der Waals surface area contributed by atoms with Crippen LogP contribution in [0.3, 0.4) is 0 Å². The van der Waals surface area contributed by atoms with Gasteiger partial charge in [-0.05, 0) is 35.9 Å². The van der Waals surface area contributed by atoms with E-state index in [0.717, 1.165) is 21.9 Å². The van der Waals surface area contributed by atoms with E-state index in [9.17, 15) is 9.18 Å². The lowest BCUT2D eigenvalue weighted by atomic mass is 10.1. The molecule has 3 aromatic carbocycles. The molecule has 1 aromatic heterocycles. The topological polar surface area (TPSA) is 51.5 Å². The van der Waals surface area contributed by atoms with Crippen molar-refractivity contribution in [1.29, 1.82) is 0 Å². The SMILES string of the molecule is COc1cc2c(cc1NC(=O)/C=C/c1ccc(F)cc1)oc1ccccc12. The number of furan rings is 1. The van der Waals surface area contributed by atoms with E-state index >= 15 is 0 Å². The molecule has 0 radical (unpaired) electrons. The summed E-state index contributed by atoms with van der Waals surface area (Å²) >= 11 is 0. The number of carbonyl (C=O) groups excluding carboxylic acids is 1. The van der Waals surface area contributed by atoms with Crippen LogP contribution in [0.2, 0.25) is 0 Å². The Labute approximate surface area is 154 Å². The molecule has 0 saturated heterocycles. The molecule has 5 heteroatoms. The molecule has 0 aliphatic heterocycles. The zero-order valence-corrected chi connectivity index (χ0v) is 14.5. The molecule has 0 saturated carbocycles. The summed E-state index contributed by atoms with van der Waals surface area (Å²) in [5, 5.41) is 4.70. The third-order valence-electron chi connectivity index (χ3n) is 4.25. The lowest BCUT2D eigenvalue weighted by Crippen LogP contribution is -2.08.